The lowest BCUT2D eigenvalue weighted by Gasteiger charge is -2.13. The molecule has 5 heteroatoms. The Balaban J connectivity index is 1.83. The van der Waals surface area contributed by atoms with Gasteiger partial charge < -0.3 is 10.1 Å². The maximum atomic E-state index is 13.9. The molecule has 0 radical (unpaired) electrons. The minimum absolute atomic E-state index is 0.288. The number of nitrogens with zero attached hydrogens (tertiary/aromatic N) is 1. The van der Waals surface area contributed by atoms with E-state index in [0.29, 0.717) is 11.1 Å². The van der Waals surface area contributed by atoms with Crippen molar-refractivity contribution < 1.29 is 9.13 Å². The Kier molecular flexibility index (Phi) is 5.56. The zero-order valence-electron chi connectivity index (χ0n) is 12.1. The van der Waals surface area contributed by atoms with Gasteiger partial charge in [0.2, 0.25) is 0 Å². The number of aryl methyl sites for hydroxylation is 1. The number of hydrogen-bond donors (Lipinski definition) is 1. The van der Waals surface area contributed by atoms with Crippen LogP contribution in [-0.4, -0.2) is 18.1 Å². The molecule has 2 rings (SSSR count). The molecule has 21 heavy (non-hydrogen) atoms. The summed E-state index contributed by atoms with van der Waals surface area (Å²) in [7, 11) is 0. The third-order valence-corrected chi connectivity index (χ3v) is 4.17. The quantitative estimate of drug-likeness (QED) is 0.778. The van der Waals surface area contributed by atoms with Crippen molar-refractivity contribution >= 4 is 21.7 Å². The van der Waals surface area contributed by atoms with Gasteiger partial charge in [0.1, 0.15) is 5.82 Å². The van der Waals surface area contributed by atoms with Crippen molar-refractivity contribution in [1.82, 2.24) is 4.98 Å². The molecule has 1 heterocycles. The van der Waals surface area contributed by atoms with Crippen molar-refractivity contribution in [1.29, 1.82) is 0 Å². The van der Waals surface area contributed by atoms with Crippen molar-refractivity contribution in [3.05, 3.63) is 51.9 Å². The Bertz CT molecular complexity index is 605. The maximum absolute atomic E-state index is 13.9. The van der Waals surface area contributed by atoms with E-state index >= 15 is 0 Å². The van der Waals surface area contributed by atoms with E-state index < -0.39 is 0 Å². The lowest BCUT2D eigenvalue weighted by molar-refractivity contribution is 0.296. The van der Waals surface area contributed by atoms with Crippen molar-refractivity contribution in [2.75, 3.05) is 18.5 Å². The molecule has 0 amide bonds. The first kappa shape index (κ1) is 15.8. The zero-order chi connectivity index (χ0) is 15.2. The van der Waals surface area contributed by atoms with E-state index in [1.165, 1.54) is 6.07 Å². The lowest BCUT2D eigenvalue weighted by Crippen LogP contribution is -2.09. The summed E-state index contributed by atoms with van der Waals surface area (Å²) in [6, 6.07) is 7.20. The van der Waals surface area contributed by atoms with Crippen LogP contribution in [0.25, 0.3) is 0 Å². The molecule has 0 unspecified atom stereocenters. The maximum Gasteiger partial charge on any atom is 0.169 e. The van der Waals surface area contributed by atoms with Crippen LogP contribution in [0, 0.1) is 19.7 Å². The SMILES string of the molecule is Cc1cc(F)c(OCCCNc2ccccn2)c(Br)c1C. The van der Waals surface area contributed by atoms with Crippen molar-refractivity contribution in [2.24, 2.45) is 0 Å². The molecule has 112 valence electrons. The number of halogens is 2. The molecule has 0 bridgehead atoms. The highest BCUT2D eigenvalue weighted by molar-refractivity contribution is 9.10. The fourth-order valence-electron chi connectivity index (χ4n) is 1.87. The van der Waals surface area contributed by atoms with Gasteiger partial charge in [0.25, 0.3) is 0 Å². The van der Waals surface area contributed by atoms with Crippen LogP contribution in [0.2, 0.25) is 0 Å². The van der Waals surface area contributed by atoms with Crippen LogP contribution >= 0.6 is 15.9 Å². The molecule has 0 fully saturated rings. The average Bonchev–Trinajstić information content (AvgIpc) is 2.49. The molecule has 1 aromatic carbocycles. The highest BCUT2D eigenvalue weighted by Gasteiger charge is 2.13. The minimum Gasteiger partial charge on any atom is -0.489 e. The van der Waals surface area contributed by atoms with Gasteiger partial charge >= 0.3 is 0 Å². The average molecular weight is 353 g/mol. The van der Waals surface area contributed by atoms with Gasteiger partial charge in [-0.05, 0) is 65.5 Å². The standard InChI is InChI=1S/C16H18BrFN2O/c1-11-10-13(18)16(15(17)12(11)2)21-9-5-8-20-14-6-3-4-7-19-14/h3-4,6-7,10H,5,8-9H2,1-2H3,(H,19,20). The summed E-state index contributed by atoms with van der Waals surface area (Å²) in [5.41, 5.74) is 1.90. The molecule has 0 saturated carbocycles. The molecule has 1 aromatic heterocycles. The van der Waals surface area contributed by atoms with Gasteiger partial charge in [-0.15, -0.1) is 0 Å². The van der Waals surface area contributed by atoms with Crippen molar-refractivity contribution in [3.8, 4) is 5.75 Å². The number of ether oxygens (including phenoxy) is 1. The molecule has 0 aliphatic rings. The van der Waals surface area contributed by atoms with Crippen LogP contribution in [0.1, 0.15) is 17.5 Å². The van der Waals surface area contributed by atoms with Crippen LogP contribution in [0.15, 0.2) is 34.9 Å². The monoisotopic (exact) mass is 352 g/mol. The second kappa shape index (κ2) is 7.41. The summed E-state index contributed by atoms with van der Waals surface area (Å²) in [6.45, 7) is 4.98. The van der Waals surface area contributed by atoms with Gasteiger partial charge in [-0.25, -0.2) is 9.37 Å². The van der Waals surface area contributed by atoms with E-state index in [4.69, 9.17) is 4.74 Å². The number of rotatable bonds is 6. The number of nitrogens with one attached hydrogen (secondary N) is 1. The first-order valence-electron chi connectivity index (χ1n) is 6.82. The molecule has 0 aliphatic heterocycles. The number of hydrogen-bond acceptors (Lipinski definition) is 3. The molecule has 0 spiro atoms. The van der Waals surface area contributed by atoms with E-state index in [1.54, 1.807) is 6.20 Å². The molecular formula is C16H18BrFN2O. The predicted octanol–water partition coefficient (Wildman–Crippen LogP) is 4.48. The van der Waals surface area contributed by atoms with E-state index in [1.807, 2.05) is 32.0 Å². The Hall–Kier alpha value is -1.62. The molecule has 1 N–H and O–H groups in total. The van der Waals surface area contributed by atoms with Crippen molar-refractivity contribution in [3.63, 3.8) is 0 Å². The molecule has 2 aromatic rings. The van der Waals surface area contributed by atoms with Gasteiger partial charge in [0, 0.05) is 12.7 Å². The highest BCUT2D eigenvalue weighted by Crippen LogP contribution is 2.33. The van der Waals surface area contributed by atoms with Gasteiger partial charge in [0.05, 0.1) is 11.1 Å². The molecule has 0 aliphatic carbocycles. The van der Waals surface area contributed by atoms with Gasteiger partial charge in [-0.3, -0.25) is 0 Å². The molecule has 0 atom stereocenters. The Morgan fingerprint density at radius 3 is 2.86 bits per heavy atom. The molecule has 3 nitrogen and oxygen atoms in total. The third kappa shape index (κ3) is 4.17. The van der Waals surface area contributed by atoms with Crippen LogP contribution in [0.4, 0.5) is 10.2 Å². The first-order chi connectivity index (χ1) is 10.1. The van der Waals surface area contributed by atoms with Crippen LogP contribution in [-0.2, 0) is 0 Å². The fraction of sp³-hybridized carbons (Fsp3) is 0.312. The third-order valence-electron chi connectivity index (χ3n) is 3.22. The predicted molar refractivity (Wildman–Crippen MR) is 86.4 cm³/mol. The lowest BCUT2D eigenvalue weighted by atomic mass is 10.1. The summed E-state index contributed by atoms with van der Waals surface area (Å²) in [5.74, 6) is 0.787. The first-order valence-corrected chi connectivity index (χ1v) is 7.62. The van der Waals surface area contributed by atoms with Gasteiger partial charge in [0.15, 0.2) is 11.6 Å². The largest absolute Gasteiger partial charge is 0.489 e. The normalized spacial score (nSPS) is 10.5. The summed E-state index contributed by atoms with van der Waals surface area (Å²) >= 11 is 3.40. The fourth-order valence-corrected chi connectivity index (χ4v) is 2.49. The number of benzene rings is 1. The zero-order valence-corrected chi connectivity index (χ0v) is 13.7. The van der Waals surface area contributed by atoms with E-state index in [9.17, 15) is 4.39 Å². The number of pyridine rings is 1. The molecular weight excluding hydrogens is 335 g/mol. The van der Waals surface area contributed by atoms with E-state index in [0.717, 1.165) is 29.9 Å². The van der Waals surface area contributed by atoms with E-state index in [-0.39, 0.29) is 11.6 Å². The topological polar surface area (TPSA) is 34.1 Å². The molecule has 0 saturated heterocycles. The smallest absolute Gasteiger partial charge is 0.169 e. The van der Waals surface area contributed by atoms with Crippen LogP contribution in [0.5, 0.6) is 5.75 Å². The van der Waals surface area contributed by atoms with Crippen LogP contribution in [0.3, 0.4) is 0 Å². The summed E-state index contributed by atoms with van der Waals surface area (Å²) in [4.78, 5) is 4.16. The van der Waals surface area contributed by atoms with E-state index in [2.05, 4.69) is 26.2 Å². The Morgan fingerprint density at radius 2 is 2.14 bits per heavy atom. The summed E-state index contributed by atoms with van der Waals surface area (Å²) in [5, 5.41) is 3.18. The number of aromatic nitrogens is 1. The van der Waals surface area contributed by atoms with Crippen molar-refractivity contribution in [2.45, 2.75) is 20.3 Å². The second-order valence-corrected chi connectivity index (χ2v) is 5.58. The second-order valence-electron chi connectivity index (χ2n) is 4.79. The summed E-state index contributed by atoms with van der Waals surface area (Å²) in [6.07, 6.45) is 2.50. The Labute approximate surface area is 132 Å². The number of anilines is 1. The van der Waals surface area contributed by atoms with Gasteiger partial charge in [-0.1, -0.05) is 6.07 Å². The Morgan fingerprint density at radius 1 is 1.33 bits per heavy atom. The summed E-state index contributed by atoms with van der Waals surface area (Å²) < 4.78 is 20.1. The minimum atomic E-state index is -0.331. The highest BCUT2D eigenvalue weighted by atomic mass is 79.9. The van der Waals surface area contributed by atoms with Gasteiger partial charge in [-0.2, -0.15) is 0 Å². The van der Waals surface area contributed by atoms with Crippen LogP contribution < -0.4 is 10.1 Å².